The lowest BCUT2D eigenvalue weighted by Gasteiger charge is -2.03. The second-order valence-corrected chi connectivity index (χ2v) is 4.47. The molecule has 84 valence electrons. The predicted octanol–water partition coefficient (Wildman–Crippen LogP) is 4.36. The maximum absolute atomic E-state index is 5.99. The van der Waals surface area contributed by atoms with Crippen LogP contribution in [0.3, 0.4) is 0 Å². The van der Waals surface area contributed by atoms with Crippen molar-refractivity contribution in [2.24, 2.45) is 0 Å². The zero-order chi connectivity index (χ0) is 12.3. The fourth-order valence-corrected chi connectivity index (χ4v) is 2.09. The average Bonchev–Trinajstić information content (AvgIpc) is 2.29. The van der Waals surface area contributed by atoms with Gasteiger partial charge in [0.15, 0.2) is 0 Å². The topological polar surface area (TPSA) is 0 Å². The van der Waals surface area contributed by atoms with E-state index < -0.39 is 0 Å². The lowest BCUT2D eigenvalue weighted by atomic mass is 10.0. The van der Waals surface area contributed by atoms with Gasteiger partial charge in [-0.25, -0.2) is 0 Å². The number of hydrogen-bond acceptors (Lipinski definition) is 0. The van der Waals surface area contributed by atoms with Crippen molar-refractivity contribution in [3.05, 3.63) is 69.7 Å². The lowest BCUT2D eigenvalue weighted by molar-refractivity contribution is 1.35. The first-order chi connectivity index (χ1) is 8.16. The summed E-state index contributed by atoms with van der Waals surface area (Å²) in [6, 6.07) is 13.9. The van der Waals surface area contributed by atoms with Crippen molar-refractivity contribution in [3.8, 4) is 11.8 Å². The Bertz CT molecular complexity index is 563. The van der Waals surface area contributed by atoms with E-state index in [1.54, 1.807) is 0 Å². The van der Waals surface area contributed by atoms with E-state index in [-0.39, 0.29) is 0 Å². The van der Waals surface area contributed by atoms with Gasteiger partial charge in [0.2, 0.25) is 0 Å². The Labute approximate surface area is 107 Å². The van der Waals surface area contributed by atoms with Crippen LogP contribution in [-0.4, -0.2) is 0 Å². The third-order valence-electron chi connectivity index (χ3n) is 2.60. The molecule has 0 nitrogen and oxygen atoms in total. The van der Waals surface area contributed by atoms with Gasteiger partial charge in [-0.3, -0.25) is 0 Å². The van der Waals surface area contributed by atoms with E-state index in [0.29, 0.717) is 0 Å². The quantitative estimate of drug-likeness (QED) is 0.601. The molecule has 0 heterocycles. The van der Waals surface area contributed by atoms with Gasteiger partial charge in [-0.15, -0.1) is 0 Å². The van der Waals surface area contributed by atoms with Gasteiger partial charge in [0.05, 0.1) is 0 Å². The van der Waals surface area contributed by atoms with Crippen molar-refractivity contribution in [1.29, 1.82) is 0 Å². The molecule has 1 heteroatoms. The highest BCUT2D eigenvalue weighted by atomic mass is 35.5. The van der Waals surface area contributed by atoms with Crippen LogP contribution in [0.25, 0.3) is 0 Å². The summed E-state index contributed by atoms with van der Waals surface area (Å²) in [4.78, 5) is 0. The van der Waals surface area contributed by atoms with Crippen LogP contribution < -0.4 is 0 Å². The highest BCUT2D eigenvalue weighted by Crippen LogP contribution is 2.19. The van der Waals surface area contributed by atoms with Gasteiger partial charge in [-0.2, -0.15) is 0 Å². The number of aryl methyl sites for hydroxylation is 2. The summed E-state index contributed by atoms with van der Waals surface area (Å²) < 4.78 is 0. The molecule has 2 aromatic rings. The molecule has 0 atom stereocenters. The van der Waals surface area contributed by atoms with Gasteiger partial charge in [0, 0.05) is 16.1 Å². The minimum Gasteiger partial charge on any atom is -0.0843 e. The molecule has 0 spiro atoms. The first-order valence-electron chi connectivity index (χ1n) is 5.50. The molecule has 0 saturated heterocycles. The Morgan fingerprint density at radius 1 is 0.882 bits per heavy atom. The van der Waals surface area contributed by atoms with Crippen LogP contribution in [0.4, 0.5) is 0 Å². The molecule has 0 radical (unpaired) electrons. The summed E-state index contributed by atoms with van der Waals surface area (Å²) in [6.45, 7) is 4.07. The van der Waals surface area contributed by atoms with Crippen LogP contribution in [0, 0.1) is 25.7 Å². The summed E-state index contributed by atoms with van der Waals surface area (Å²) in [6.07, 6.45) is 0. The molecule has 0 fully saturated rings. The number of hydrogen-bond donors (Lipinski definition) is 0. The summed E-state index contributed by atoms with van der Waals surface area (Å²) >= 11 is 5.99. The Balaban J connectivity index is 2.41. The standard InChI is InChI=1S/C16H13Cl/c1-12-10-15(17)11-13(2)16(12)9-8-14-6-4-3-5-7-14/h3-7,10-11H,1-2H3. The van der Waals surface area contributed by atoms with E-state index in [0.717, 1.165) is 27.3 Å². The summed E-state index contributed by atoms with van der Waals surface area (Å²) in [5, 5.41) is 0.769. The maximum Gasteiger partial charge on any atom is 0.0412 e. The Hall–Kier alpha value is -1.71. The normalized spacial score (nSPS) is 9.59. The highest BCUT2D eigenvalue weighted by Gasteiger charge is 2.01. The molecular weight excluding hydrogens is 228 g/mol. The van der Waals surface area contributed by atoms with Crippen LogP contribution in [-0.2, 0) is 0 Å². The number of rotatable bonds is 0. The van der Waals surface area contributed by atoms with Crippen molar-refractivity contribution >= 4 is 11.6 Å². The van der Waals surface area contributed by atoms with Crippen molar-refractivity contribution in [2.75, 3.05) is 0 Å². The SMILES string of the molecule is Cc1cc(Cl)cc(C)c1C#Cc1ccccc1. The Kier molecular flexibility index (Phi) is 3.52. The van der Waals surface area contributed by atoms with Gasteiger partial charge in [-0.1, -0.05) is 41.6 Å². The minimum atomic E-state index is 0.769. The molecule has 0 aliphatic heterocycles. The third kappa shape index (κ3) is 2.90. The summed E-state index contributed by atoms with van der Waals surface area (Å²) in [5.41, 5.74) is 4.34. The molecule has 0 bridgehead atoms. The van der Waals surface area contributed by atoms with Gasteiger partial charge < -0.3 is 0 Å². The first kappa shape index (κ1) is 11.8. The van der Waals surface area contributed by atoms with E-state index >= 15 is 0 Å². The molecule has 0 unspecified atom stereocenters. The van der Waals surface area contributed by atoms with Gasteiger partial charge in [-0.05, 0) is 49.2 Å². The van der Waals surface area contributed by atoms with Crippen LogP contribution in [0.5, 0.6) is 0 Å². The summed E-state index contributed by atoms with van der Waals surface area (Å²) in [5.74, 6) is 6.39. The molecule has 0 saturated carbocycles. The monoisotopic (exact) mass is 240 g/mol. The highest BCUT2D eigenvalue weighted by molar-refractivity contribution is 6.30. The van der Waals surface area contributed by atoms with E-state index in [1.807, 2.05) is 56.3 Å². The Morgan fingerprint density at radius 2 is 1.47 bits per heavy atom. The van der Waals surface area contributed by atoms with E-state index in [9.17, 15) is 0 Å². The predicted molar refractivity (Wildman–Crippen MR) is 73.3 cm³/mol. The van der Waals surface area contributed by atoms with E-state index in [4.69, 9.17) is 11.6 Å². The van der Waals surface area contributed by atoms with Gasteiger partial charge in [0.25, 0.3) is 0 Å². The zero-order valence-corrected chi connectivity index (χ0v) is 10.7. The van der Waals surface area contributed by atoms with Crippen LogP contribution in [0.1, 0.15) is 22.3 Å². The Morgan fingerprint density at radius 3 is 2.06 bits per heavy atom. The van der Waals surface area contributed by atoms with Crippen molar-refractivity contribution in [1.82, 2.24) is 0 Å². The first-order valence-corrected chi connectivity index (χ1v) is 5.88. The largest absolute Gasteiger partial charge is 0.0843 e. The molecule has 0 N–H and O–H groups in total. The molecule has 0 aliphatic rings. The van der Waals surface area contributed by atoms with Gasteiger partial charge in [0.1, 0.15) is 0 Å². The number of halogens is 1. The fourth-order valence-electron chi connectivity index (χ4n) is 1.76. The molecule has 0 amide bonds. The summed E-state index contributed by atoms with van der Waals surface area (Å²) in [7, 11) is 0. The fraction of sp³-hybridized carbons (Fsp3) is 0.125. The minimum absolute atomic E-state index is 0.769. The van der Waals surface area contributed by atoms with Crippen LogP contribution in [0.2, 0.25) is 5.02 Å². The van der Waals surface area contributed by atoms with E-state index in [2.05, 4.69) is 11.8 Å². The average molecular weight is 241 g/mol. The second kappa shape index (κ2) is 5.08. The van der Waals surface area contributed by atoms with Gasteiger partial charge >= 0.3 is 0 Å². The molecule has 2 rings (SSSR count). The second-order valence-electron chi connectivity index (χ2n) is 4.03. The third-order valence-corrected chi connectivity index (χ3v) is 2.82. The smallest absolute Gasteiger partial charge is 0.0412 e. The van der Waals surface area contributed by atoms with Crippen molar-refractivity contribution in [3.63, 3.8) is 0 Å². The number of benzene rings is 2. The lowest BCUT2D eigenvalue weighted by Crippen LogP contribution is -1.88. The van der Waals surface area contributed by atoms with Crippen LogP contribution >= 0.6 is 11.6 Å². The molecular formula is C16H13Cl. The van der Waals surface area contributed by atoms with Crippen molar-refractivity contribution < 1.29 is 0 Å². The van der Waals surface area contributed by atoms with Crippen molar-refractivity contribution in [2.45, 2.75) is 13.8 Å². The molecule has 2 aromatic carbocycles. The maximum atomic E-state index is 5.99. The van der Waals surface area contributed by atoms with Crippen LogP contribution in [0.15, 0.2) is 42.5 Å². The molecule has 17 heavy (non-hydrogen) atoms. The zero-order valence-electron chi connectivity index (χ0n) is 9.92. The molecule has 0 aliphatic carbocycles. The molecule has 0 aromatic heterocycles. The van der Waals surface area contributed by atoms with E-state index in [1.165, 1.54) is 0 Å².